The number of methoxy groups -OCH3 is 1. The zero-order valence-electron chi connectivity index (χ0n) is 23.3. The van der Waals surface area contributed by atoms with E-state index < -0.39 is 0 Å². The predicted molar refractivity (Wildman–Crippen MR) is 149 cm³/mol. The van der Waals surface area contributed by atoms with Crippen LogP contribution in [0.15, 0.2) is 49.0 Å². The SMILES string of the molecule is C=C(OC(C)C)N1CCC(COc2ccc(-c3ccc(C(=O)N4CCN(C)CC4)nc3)cc2COC)CC1. The van der Waals surface area contributed by atoms with E-state index in [1.165, 1.54) is 0 Å². The number of rotatable bonds is 10. The van der Waals surface area contributed by atoms with Crippen LogP contribution in [-0.2, 0) is 16.1 Å². The number of piperidine rings is 1. The van der Waals surface area contributed by atoms with Crippen LogP contribution in [0.1, 0.15) is 42.7 Å². The number of aromatic nitrogens is 1. The molecular formula is C30H42N4O4. The Bertz CT molecular complexity index is 1070. The van der Waals surface area contributed by atoms with Gasteiger partial charge in [-0.2, -0.15) is 0 Å². The lowest BCUT2D eigenvalue weighted by molar-refractivity contribution is 0.0494. The zero-order chi connectivity index (χ0) is 27.1. The molecule has 38 heavy (non-hydrogen) atoms. The molecule has 8 heteroatoms. The monoisotopic (exact) mass is 522 g/mol. The smallest absolute Gasteiger partial charge is 0.272 e. The molecule has 1 aromatic heterocycles. The minimum absolute atomic E-state index is 0.00364. The van der Waals surface area contributed by atoms with Crippen LogP contribution >= 0.6 is 0 Å². The predicted octanol–water partition coefficient (Wildman–Crippen LogP) is 4.27. The number of pyridine rings is 1. The quantitative estimate of drug-likeness (QED) is 0.432. The van der Waals surface area contributed by atoms with Crippen molar-refractivity contribution in [2.75, 3.05) is 60.0 Å². The second-order valence-electron chi connectivity index (χ2n) is 10.6. The fraction of sp³-hybridized carbons (Fsp3) is 0.533. The lowest BCUT2D eigenvalue weighted by Gasteiger charge is -2.34. The molecule has 1 amide bonds. The van der Waals surface area contributed by atoms with Gasteiger partial charge in [0.25, 0.3) is 5.91 Å². The number of hydrogen-bond acceptors (Lipinski definition) is 7. The van der Waals surface area contributed by atoms with Gasteiger partial charge >= 0.3 is 0 Å². The number of amides is 1. The van der Waals surface area contributed by atoms with E-state index in [0.29, 0.717) is 24.8 Å². The summed E-state index contributed by atoms with van der Waals surface area (Å²) in [7, 11) is 3.77. The molecule has 0 saturated carbocycles. The standard InChI is InChI=1S/C30H42N4O4/c1-22(2)38-23(3)33-12-10-24(11-13-33)20-37-29-9-7-25(18-27(29)21-36-5)26-6-8-28(31-19-26)30(35)34-16-14-32(4)15-17-34/h6-9,18-19,22,24H,3,10-17,20-21H2,1-2,4-5H3. The summed E-state index contributed by atoms with van der Waals surface area (Å²) < 4.78 is 17.5. The molecule has 2 saturated heterocycles. The minimum atomic E-state index is -0.00364. The third-order valence-corrected chi connectivity index (χ3v) is 7.28. The van der Waals surface area contributed by atoms with Gasteiger partial charge in [-0.25, -0.2) is 0 Å². The van der Waals surface area contributed by atoms with Crippen molar-refractivity contribution in [3.05, 3.63) is 60.2 Å². The summed E-state index contributed by atoms with van der Waals surface area (Å²) in [5, 5.41) is 0. The van der Waals surface area contributed by atoms with Crippen LogP contribution in [0.3, 0.4) is 0 Å². The van der Waals surface area contributed by atoms with E-state index in [1.807, 2.05) is 43.0 Å². The zero-order valence-corrected chi connectivity index (χ0v) is 23.3. The van der Waals surface area contributed by atoms with Crippen LogP contribution in [0, 0.1) is 5.92 Å². The summed E-state index contributed by atoms with van der Waals surface area (Å²) in [4.78, 5) is 23.7. The summed E-state index contributed by atoms with van der Waals surface area (Å²) in [6, 6.07) is 9.94. The van der Waals surface area contributed by atoms with E-state index in [9.17, 15) is 4.79 Å². The molecule has 0 N–H and O–H groups in total. The van der Waals surface area contributed by atoms with Gasteiger partial charge in [0.2, 0.25) is 0 Å². The van der Waals surface area contributed by atoms with Gasteiger partial charge in [-0.3, -0.25) is 9.78 Å². The Hall–Kier alpha value is -3.10. The normalized spacial score (nSPS) is 17.1. The Labute approximate surface area is 227 Å². The summed E-state index contributed by atoms with van der Waals surface area (Å²) in [6.45, 7) is 14.4. The number of likely N-dealkylation sites (tertiary alicyclic amines) is 1. The highest BCUT2D eigenvalue weighted by Gasteiger charge is 2.23. The summed E-state index contributed by atoms with van der Waals surface area (Å²) in [5.41, 5.74) is 3.46. The van der Waals surface area contributed by atoms with Gasteiger partial charge < -0.3 is 28.9 Å². The first-order chi connectivity index (χ1) is 18.3. The number of carbonyl (C=O) groups is 1. The van der Waals surface area contributed by atoms with Gasteiger partial charge in [0.1, 0.15) is 11.4 Å². The maximum Gasteiger partial charge on any atom is 0.272 e. The van der Waals surface area contributed by atoms with Crippen LogP contribution in [-0.4, -0.2) is 91.7 Å². The summed E-state index contributed by atoms with van der Waals surface area (Å²) in [6.07, 6.45) is 4.01. The van der Waals surface area contributed by atoms with Gasteiger partial charge in [0.15, 0.2) is 5.88 Å². The summed E-state index contributed by atoms with van der Waals surface area (Å²) >= 11 is 0. The third-order valence-electron chi connectivity index (χ3n) is 7.28. The first-order valence-corrected chi connectivity index (χ1v) is 13.6. The minimum Gasteiger partial charge on any atom is -0.493 e. The number of nitrogens with zero attached hydrogens (tertiary/aromatic N) is 4. The van der Waals surface area contributed by atoms with Gasteiger partial charge in [-0.1, -0.05) is 12.1 Å². The average Bonchev–Trinajstić information content (AvgIpc) is 2.92. The molecule has 0 unspecified atom stereocenters. The number of piperazine rings is 1. The van der Waals surface area contributed by atoms with E-state index in [0.717, 1.165) is 80.4 Å². The molecule has 2 aliphatic heterocycles. The lowest BCUT2D eigenvalue weighted by Crippen LogP contribution is -2.47. The van der Waals surface area contributed by atoms with Crippen molar-refractivity contribution in [3.8, 4) is 16.9 Å². The van der Waals surface area contributed by atoms with Crippen molar-refractivity contribution in [1.29, 1.82) is 0 Å². The van der Waals surface area contributed by atoms with E-state index in [4.69, 9.17) is 14.2 Å². The van der Waals surface area contributed by atoms with Crippen LogP contribution in [0.5, 0.6) is 5.75 Å². The van der Waals surface area contributed by atoms with E-state index >= 15 is 0 Å². The maximum atomic E-state index is 12.8. The van der Waals surface area contributed by atoms with Crippen molar-refractivity contribution in [3.63, 3.8) is 0 Å². The fourth-order valence-electron chi connectivity index (χ4n) is 4.93. The molecule has 3 heterocycles. The van der Waals surface area contributed by atoms with Crippen LogP contribution in [0.25, 0.3) is 11.1 Å². The van der Waals surface area contributed by atoms with E-state index in [1.54, 1.807) is 13.3 Å². The number of carbonyl (C=O) groups excluding carboxylic acids is 1. The average molecular weight is 523 g/mol. The van der Waals surface area contributed by atoms with E-state index in [-0.39, 0.29) is 12.0 Å². The van der Waals surface area contributed by atoms with Gasteiger partial charge in [-0.15, -0.1) is 0 Å². The fourth-order valence-corrected chi connectivity index (χ4v) is 4.93. The Morgan fingerprint density at radius 1 is 1.03 bits per heavy atom. The summed E-state index contributed by atoms with van der Waals surface area (Å²) in [5.74, 6) is 2.10. The molecule has 0 bridgehead atoms. The molecule has 4 rings (SSSR count). The molecule has 2 aromatic rings. The molecule has 1 aromatic carbocycles. The Morgan fingerprint density at radius 2 is 1.74 bits per heavy atom. The van der Waals surface area contributed by atoms with Crippen molar-refractivity contribution in [1.82, 2.24) is 19.7 Å². The Kier molecular flexibility index (Phi) is 9.63. The van der Waals surface area contributed by atoms with Crippen molar-refractivity contribution < 1.29 is 19.0 Å². The molecule has 206 valence electrons. The second kappa shape index (κ2) is 13.1. The number of likely N-dealkylation sites (N-methyl/N-ethyl adjacent to an activating group) is 1. The largest absolute Gasteiger partial charge is 0.493 e. The van der Waals surface area contributed by atoms with Crippen LogP contribution < -0.4 is 4.74 Å². The van der Waals surface area contributed by atoms with Crippen LogP contribution in [0.4, 0.5) is 0 Å². The third kappa shape index (κ3) is 7.26. The molecule has 2 fully saturated rings. The van der Waals surface area contributed by atoms with Gasteiger partial charge in [0.05, 0.1) is 19.3 Å². The second-order valence-corrected chi connectivity index (χ2v) is 10.6. The first kappa shape index (κ1) is 27.9. The van der Waals surface area contributed by atoms with Crippen LogP contribution in [0.2, 0.25) is 0 Å². The molecule has 0 aliphatic carbocycles. The molecule has 0 spiro atoms. The topological polar surface area (TPSA) is 67.4 Å². The highest BCUT2D eigenvalue weighted by molar-refractivity contribution is 5.92. The molecule has 2 aliphatic rings. The van der Waals surface area contributed by atoms with Crippen molar-refractivity contribution in [2.45, 2.75) is 39.4 Å². The Balaban J connectivity index is 1.35. The molecule has 0 radical (unpaired) electrons. The Morgan fingerprint density at radius 3 is 2.37 bits per heavy atom. The van der Waals surface area contributed by atoms with Crippen molar-refractivity contribution >= 4 is 5.91 Å². The lowest BCUT2D eigenvalue weighted by atomic mass is 9.98. The molecular weight excluding hydrogens is 480 g/mol. The van der Waals surface area contributed by atoms with E-state index in [2.05, 4.69) is 34.5 Å². The van der Waals surface area contributed by atoms with Crippen molar-refractivity contribution in [2.24, 2.45) is 5.92 Å². The molecule has 8 nitrogen and oxygen atoms in total. The highest BCUT2D eigenvalue weighted by Crippen LogP contribution is 2.29. The van der Waals surface area contributed by atoms with Gasteiger partial charge in [0, 0.05) is 63.7 Å². The number of hydrogen-bond donors (Lipinski definition) is 0. The maximum absolute atomic E-state index is 12.8. The number of ether oxygens (including phenoxy) is 3. The van der Waals surface area contributed by atoms with Gasteiger partial charge in [-0.05, 0) is 70.0 Å². The number of benzene rings is 1. The highest BCUT2D eigenvalue weighted by atomic mass is 16.5. The molecule has 0 atom stereocenters. The first-order valence-electron chi connectivity index (χ1n) is 13.6.